The first-order valence-corrected chi connectivity index (χ1v) is 5.01. The number of carbonyl (C=O) groups excluding carboxylic acids is 1. The van der Waals surface area contributed by atoms with Crippen molar-refractivity contribution in [1.82, 2.24) is 15.5 Å². The zero-order valence-corrected chi connectivity index (χ0v) is 9.14. The molecule has 0 radical (unpaired) electrons. The third kappa shape index (κ3) is 2.28. The van der Waals surface area contributed by atoms with Crippen LogP contribution >= 0.6 is 0 Å². The van der Waals surface area contributed by atoms with Crippen molar-refractivity contribution < 1.29 is 9.18 Å². The fraction of sp³-hybridized carbons (Fsp3) is 0.0833. The minimum Gasteiger partial charge on any atom is -0.355 e. The fourth-order valence-corrected chi connectivity index (χ4v) is 1.48. The van der Waals surface area contributed by atoms with Crippen molar-refractivity contribution in [3.63, 3.8) is 0 Å². The number of aromatic nitrogens is 2. The van der Waals surface area contributed by atoms with Crippen LogP contribution in [0.25, 0.3) is 11.1 Å². The fourth-order valence-electron chi connectivity index (χ4n) is 1.48. The Hall–Kier alpha value is -2.30. The van der Waals surface area contributed by atoms with Gasteiger partial charge in [-0.25, -0.2) is 4.39 Å². The van der Waals surface area contributed by atoms with Crippen molar-refractivity contribution in [2.75, 3.05) is 7.05 Å². The predicted octanol–water partition coefficient (Wildman–Crippen LogP) is 1.64. The summed E-state index contributed by atoms with van der Waals surface area (Å²) in [5.74, 6) is -0.654. The van der Waals surface area contributed by atoms with Gasteiger partial charge in [0.05, 0.1) is 12.4 Å². The molecule has 17 heavy (non-hydrogen) atoms. The van der Waals surface area contributed by atoms with Crippen molar-refractivity contribution in [2.45, 2.75) is 0 Å². The third-order valence-electron chi connectivity index (χ3n) is 2.35. The summed E-state index contributed by atoms with van der Waals surface area (Å²) in [5, 5.41) is 9.79. The van der Waals surface area contributed by atoms with E-state index in [2.05, 4.69) is 15.5 Å². The molecule has 1 aromatic heterocycles. The molecule has 1 aromatic carbocycles. The van der Waals surface area contributed by atoms with Crippen LogP contribution in [-0.4, -0.2) is 23.2 Å². The van der Waals surface area contributed by atoms with Crippen LogP contribution in [-0.2, 0) is 0 Å². The smallest absolute Gasteiger partial charge is 0.251 e. The number of nitrogens with zero attached hydrogens (tertiary/aromatic N) is 2. The summed E-state index contributed by atoms with van der Waals surface area (Å²) in [4.78, 5) is 11.4. The molecule has 0 aliphatic heterocycles. The molecular formula is C12H10FN3O. The molecule has 0 saturated heterocycles. The van der Waals surface area contributed by atoms with Gasteiger partial charge in [-0.15, -0.1) is 0 Å². The molecule has 0 aliphatic rings. The second-order valence-electron chi connectivity index (χ2n) is 3.40. The summed E-state index contributed by atoms with van der Waals surface area (Å²) in [5.41, 5.74) is 1.32. The van der Waals surface area contributed by atoms with Crippen LogP contribution in [0, 0.1) is 5.82 Å². The van der Waals surface area contributed by atoms with Crippen LogP contribution in [0.4, 0.5) is 4.39 Å². The van der Waals surface area contributed by atoms with Gasteiger partial charge in [-0.1, -0.05) is 0 Å². The maximum Gasteiger partial charge on any atom is 0.251 e. The molecule has 1 heterocycles. The van der Waals surface area contributed by atoms with Gasteiger partial charge in [-0.3, -0.25) is 4.79 Å². The number of hydrogen-bond acceptors (Lipinski definition) is 3. The average Bonchev–Trinajstić information content (AvgIpc) is 2.39. The van der Waals surface area contributed by atoms with E-state index in [1.807, 2.05) is 0 Å². The monoisotopic (exact) mass is 231 g/mol. The first-order chi connectivity index (χ1) is 8.22. The van der Waals surface area contributed by atoms with E-state index in [1.165, 1.54) is 37.6 Å². The number of carbonyl (C=O) groups is 1. The van der Waals surface area contributed by atoms with Gasteiger partial charge in [0.25, 0.3) is 5.91 Å². The van der Waals surface area contributed by atoms with Gasteiger partial charge in [0.15, 0.2) is 0 Å². The van der Waals surface area contributed by atoms with E-state index in [0.29, 0.717) is 16.7 Å². The molecule has 0 aliphatic carbocycles. The lowest BCUT2D eigenvalue weighted by molar-refractivity contribution is 0.0963. The molecule has 0 bridgehead atoms. The zero-order chi connectivity index (χ0) is 12.3. The zero-order valence-electron chi connectivity index (χ0n) is 9.14. The molecule has 0 unspecified atom stereocenters. The van der Waals surface area contributed by atoms with Gasteiger partial charge in [-0.05, 0) is 24.3 Å². The number of benzene rings is 1. The van der Waals surface area contributed by atoms with Crippen molar-refractivity contribution in [3.05, 3.63) is 48.0 Å². The highest BCUT2D eigenvalue weighted by atomic mass is 19.1. The molecular weight excluding hydrogens is 221 g/mol. The van der Waals surface area contributed by atoms with Gasteiger partial charge in [0.1, 0.15) is 5.82 Å². The van der Waals surface area contributed by atoms with Gasteiger partial charge in [0, 0.05) is 23.7 Å². The topological polar surface area (TPSA) is 54.9 Å². The second-order valence-corrected chi connectivity index (χ2v) is 3.40. The summed E-state index contributed by atoms with van der Waals surface area (Å²) in [6, 6.07) is 5.83. The molecule has 0 atom stereocenters. The molecule has 1 N–H and O–H groups in total. The Morgan fingerprint density at radius 1 is 1.29 bits per heavy atom. The summed E-state index contributed by atoms with van der Waals surface area (Å²) < 4.78 is 13.6. The van der Waals surface area contributed by atoms with Gasteiger partial charge in [-0.2, -0.15) is 10.2 Å². The summed E-state index contributed by atoms with van der Waals surface area (Å²) in [6.45, 7) is 0. The predicted molar refractivity (Wildman–Crippen MR) is 60.8 cm³/mol. The highest BCUT2D eigenvalue weighted by Gasteiger charge is 2.10. The van der Waals surface area contributed by atoms with Crippen molar-refractivity contribution in [3.8, 4) is 11.1 Å². The van der Waals surface area contributed by atoms with Gasteiger partial charge in [0.2, 0.25) is 0 Å². The van der Waals surface area contributed by atoms with E-state index in [-0.39, 0.29) is 5.91 Å². The Bertz CT molecular complexity index is 543. The molecule has 2 rings (SSSR count). The van der Waals surface area contributed by atoms with Gasteiger partial charge < -0.3 is 5.32 Å². The lowest BCUT2D eigenvalue weighted by Gasteiger charge is -2.05. The summed E-state index contributed by atoms with van der Waals surface area (Å²) in [6.07, 6.45) is 2.92. The Balaban J connectivity index is 2.50. The Morgan fingerprint density at radius 3 is 2.76 bits per heavy atom. The quantitative estimate of drug-likeness (QED) is 0.854. The molecule has 86 valence electrons. The van der Waals surface area contributed by atoms with E-state index in [9.17, 15) is 9.18 Å². The summed E-state index contributed by atoms with van der Waals surface area (Å²) >= 11 is 0. The SMILES string of the molecule is CNC(=O)c1ccc(F)c(-c2ccnnc2)c1. The number of halogens is 1. The van der Waals surface area contributed by atoms with Gasteiger partial charge >= 0.3 is 0 Å². The molecule has 4 nitrogen and oxygen atoms in total. The maximum atomic E-state index is 13.6. The Kier molecular flexibility index (Phi) is 3.09. The normalized spacial score (nSPS) is 10.0. The number of nitrogens with one attached hydrogen (secondary N) is 1. The van der Waals surface area contributed by atoms with Crippen LogP contribution in [0.5, 0.6) is 0 Å². The standard InChI is InChI=1S/C12H10FN3O/c1-14-12(17)8-2-3-11(13)10(6-8)9-4-5-15-16-7-9/h2-7H,1H3,(H,14,17). The molecule has 0 fully saturated rings. The molecule has 0 spiro atoms. The highest BCUT2D eigenvalue weighted by Crippen LogP contribution is 2.22. The minimum atomic E-state index is -0.398. The Labute approximate surface area is 97.5 Å². The average molecular weight is 231 g/mol. The number of rotatable bonds is 2. The number of hydrogen-bond donors (Lipinski definition) is 1. The minimum absolute atomic E-state index is 0.256. The molecule has 5 heteroatoms. The van der Waals surface area contributed by atoms with Crippen molar-refractivity contribution in [1.29, 1.82) is 0 Å². The van der Waals surface area contributed by atoms with E-state index in [4.69, 9.17) is 0 Å². The lowest BCUT2D eigenvalue weighted by Crippen LogP contribution is -2.17. The third-order valence-corrected chi connectivity index (χ3v) is 2.35. The first kappa shape index (κ1) is 11.2. The number of amides is 1. The van der Waals surface area contributed by atoms with E-state index in [1.54, 1.807) is 6.07 Å². The van der Waals surface area contributed by atoms with Crippen LogP contribution < -0.4 is 5.32 Å². The van der Waals surface area contributed by atoms with E-state index < -0.39 is 5.82 Å². The van der Waals surface area contributed by atoms with E-state index >= 15 is 0 Å². The van der Waals surface area contributed by atoms with Crippen LogP contribution in [0.2, 0.25) is 0 Å². The van der Waals surface area contributed by atoms with Crippen molar-refractivity contribution in [2.24, 2.45) is 0 Å². The molecule has 0 saturated carbocycles. The summed E-state index contributed by atoms with van der Waals surface area (Å²) in [7, 11) is 1.53. The second kappa shape index (κ2) is 4.69. The van der Waals surface area contributed by atoms with Crippen LogP contribution in [0.15, 0.2) is 36.7 Å². The van der Waals surface area contributed by atoms with Crippen molar-refractivity contribution >= 4 is 5.91 Å². The first-order valence-electron chi connectivity index (χ1n) is 5.01. The van der Waals surface area contributed by atoms with E-state index in [0.717, 1.165) is 0 Å². The molecule has 2 aromatic rings. The lowest BCUT2D eigenvalue weighted by atomic mass is 10.0. The van der Waals surface area contributed by atoms with Crippen LogP contribution in [0.3, 0.4) is 0 Å². The maximum absolute atomic E-state index is 13.6. The largest absolute Gasteiger partial charge is 0.355 e. The Morgan fingerprint density at radius 2 is 2.12 bits per heavy atom. The molecule has 1 amide bonds. The van der Waals surface area contributed by atoms with Crippen LogP contribution in [0.1, 0.15) is 10.4 Å². The highest BCUT2D eigenvalue weighted by molar-refractivity contribution is 5.95.